The third-order valence-electron chi connectivity index (χ3n) is 5.98. The molecule has 1 saturated heterocycles. The lowest BCUT2D eigenvalue weighted by molar-refractivity contribution is -0.192. The molecule has 2 N–H and O–H groups in total. The van der Waals surface area contributed by atoms with Crippen molar-refractivity contribution in [2.45, 2.75) is 25.7 Å². The van der Waals surface area contributed by atoms with Gasteiger partial charge >= 0.3 is 12.1 Å². The number of carbonyl (C=O) groups is 2. The van der Waals surface area contributed by atoms with Gasteiger partial charge in [0.15, 0.2) is 0 Å². The number of likely N-dealkylation sites (tertiary alicyclic amines) is 1. The van der Waals surface area contributed by atoms with Crippen molar-refractivity contribution >= 4 is 17.6 Å². The Bertz CT molecular complexity index is 1190. The summed E-state index contributed by atoms with van der Waals surface area (Å²) in [4.78, 5) is 24.1. The number of hydrogen-bond donors (Lipinski definition) is 2. The molecule has 4 heterocycles. The van der Waals surface area contributed by atoms with Crippen LogP contribution in [0, 0.1) is 11.8 Å². The largest absolute Gasteiger partial charge is 0.490 e. The van der Waals surface area contributed by atoms with Gasteiger partial charge in [0.2, 0.25) is 5.82 Å². The average molecular weight is 491 g/mol. The molecule has 1 fully saturated rings. The summed E-state index contributed by atoms with van der Waals surface area (Å²) in [7, 11) is 1.95. The molecule has 0 radical (unpaired) electrons. The second-order valence-electron chi connectivity index (χ2n) is 8.61. The van der Waals surface area contributed by atoms with Crippen LogP contribution in [0.3, 0.4) is 0 Å². The Kier molecular flexibility index (Phi) is 6.87. The van der Waals surface area contributed by atoms with Gasteiger partial charge in [0.1, 0.15) is 5.82 Å². The minimum atomic E-state index is -5.08. The maximum Gasteiger partial charge on any atom is 0.490 e. The second kappa shape index (κ2) is 9.86. The Morgan fingerprint density at radius 2 is 1.80 bits per heavy atom. The van der Waals surface area contributed by atoms with Gasteiger partial charge < -0.3 is 15.0 Å². The second-order valence-corrected chi connectivity index (χ2v) is 8.61. The number of carboxylic acids is 1. The van der Waals surface area contributed by atoms with Gasteiger partial charge in [0, 0.05) is 57.1 Å². The minimum Gasteiger partial charge on any atom is -0.475 e. The van der Waals surface area contributed by atoms with Crippen LogP contribution in [0.25, 0.3) is 0 Å². The molecule has 0 saturated carbocycles. The number of anilines is 1. The molecule has 2 aliphatic rings. The molecule has 35 heavy (non-hydrogen) atoms. The first-order chi connectivity index (χ1) is 16.6. The molecule has 2 aliphatic heterocycles. The summed E-state index contributed by atoms with van der Waals surface area (Å²) in [5.41, 5.74) is 2.01. The smallest absolute Gasteiger partial charge is 0.475 e. The van der Waals surface area contributed by atoms with Gasteiger partial charge in [-0.3, -0.25) is 14.4 Å². The molecular formula is C22H24F3N7O3. The average Bonchev–Trinajstić information content (AvgIpc) is 3.50. The Morgan fingerprint density at radius 3 is 2.43 bits per heavy atom. The number of para-hydroxylation sites is 1. The standard InChI is InChI=1S/C20H23N7O.C2HF3O2/c1-25-9-14(8-21-25)10-26-11-15-7-18-23-24-19(27(18)13-16(15)12-26)20(28)22-17-5-3-2-4-6-17;3-2(4,5)1(6)7/h2-6,8-9,15-16H,7,10-13H2,1H3,(H,22,28);(H,6,7). The topological polar surface area (TPSA) is 118 Å². The van der Waals surface area contributed by atoms with E-state index < -0.39 is 12.1 Å². The normalized spacial score (nSPS) is 19.3. The van der Waals surface area contributed by atoms with Crippen molar-refractivity contribution in [1.29, 1.82) is 0 Å². The number of halogens is 3. The van der Waals surface area contributed by atoms with Crippen LogP contribution in [0.4, 0.5) is 18.9 Å². The van der Waals surface area contributed by atoms with Crippen LogP contribution >= 0.6 is 0 Å². The number of aromatic nitrogens is 5. The lowest BCUT2D eigenvalue weighted by Gasteiger charge is -2.25. The predicted octanol–water partition coefficient (Wildman–Crippen LogP) is 2.20. The number of aliphatic carboxylic acids is 1. The summed E-state index contributed by atoms with van der Waals surface area (Å²) in [6.45, 7) is 3.80. The van der Waals surface area contributed by atoms with E-state index in [0.29, 0.717) is 17.7 Å². The van der Waals surface area contributed by atoms with E-state index in [1.54, 1.807) is 0 Å². The summed E-state index contributed by atoms with van der Waals surface area (Å²) < 4.78 is 35.6. The van der Waals surface area contributed by atoms with E-state index in [9.17, 15) is 18.0 Å². The maximum atomic E-state index is 12.7. The van der Waals surface area contributed by atoms with Crippen molar-refractivity contribution in [1.82, 2.24) is 29.4 Å². The first-order valence-electron chi connectivity index (χ1n) is 10.9. The number of nitrogens with zero attached hydrogens (tertiary/aromatic N) is 6. The molecule has 10 nitrogen and oxygen atoms in total. The number of fused-ring (bicyclic) bond motifs is 2. The quantitative estimate of drug-likeness (QED) is 0.575. The number of benzene rings is 1. The van der Waals surface area contributed by atoms with E-state index in [0.717, 1.165) is 44.1 Å². The van der Waals surface area contributed by atoms with E-state index in [2.05, 4.69) is 31.7 Å². The summed E-state index contributed by atoms with van der Waals surface area (Å²) in [6.07, 6.45) is -0.203. The maximum absolute atomic E-state index is 12.7. The van der Waals surface area contributed by atoms with Crippen molar-refractivity contribution in [3.05, 3.63) is 59.9 Å². The Morgan fingerprint density at radius 1 is 1.11 bits per heavy atom. The molecule has 186 valence electrons. The van der Waals surface area contributed by atoms with Crippen molar-refractivity contribution in [2.24, 2.45) is 18.9 Å². The highest BCUT2D eigenvalue weighted by atomic mass is 19.4. The predicted molar refractivity (Wildman–Crippen MR) is 117 cm³/mol. The zero-order valence-corrected chi connectivity index (χ0v) is 18.8. The summed E-state index contributed by atoms with van der Waals surface area (Å²) in [6, 6.07) is 9.46. The van der Waals surface area contributed by atoms with Crippen LogP contribution in [-0.4, -0.2) is 65.7 Å². The van der Waals surface area contributed by atoms with Gasteiger partial charge in [-0.1, -0.05) is 18.2 Å². The molecule has 0 spiro atoms. The number of rotatable bonds is 4. The minimum absolute atomic E-state index is 0.200. The van der Waals surface area contributed by atoms with Gasteiger partial charge in [0.25, 0.3) is 5.91 Å². The van der Waals surface area contributed by atoms with Crippen LogP contribution < -0.4 is 5.32 Å². The molecule has 13 heteroatoms. The highest BCUT2D eigenvalue weighted by molar-refractivity contribution is 6.01. The fourth-order valence-corrected chi connectivity index (χ4v) is 4.44. The van der Waals surface area contributed by atoms with E-state index in [1.807, 2.05) is 52.8 Å². The number of amides is 1. The first-order valence-corrected chi connectivity index (χ1v) is 10.9. The zero-order valence-electron chi connectivity index (χ0n) is 18.8. The molecule has 0 aliphatic carbocycles. The molecule has 1 aromatic carbocycles. The summed E-state index contributed by atoms with van der Waals surface area (Å²) >= 11 is 0. The zero-order chi connectivity index (χ0) is 25.2. The Labute approximate surface area is 198 Å². The van der Waals surface area contributed by atoms with Crippen LogP contribution in [0.2, 0.25) is 0 Å². The molecule has 0 bridgehead atoms. The van der Waals surface area contributed by atoms with Gasteiger partial charge in [-0.2, -0.15) is 18.3 Å². The monoisotopic (exact) mass is 491 g/mol. The number of hydrogen-bond acceptors (Lipinski definition) is 6. The summed E-state index contributed by atoms with van der Waals surface area (Å²) in [5.74, 6) is -0.548. The highest BCUT2D eigenvalue weighted by Crippen LogP contribution is 2.33. The molecule has 2 aromatic heterocycles. The Balaban J connectivity index is 0.000000364. The Hall–Kier alpha value is -3.74. The fraction of sp³-hybridized carbons (Fsp3) is 0.409. The first kappa shape index (κ1) is 24.4. The van der Waals surface area contributed by atoms with Crippen LogP contribution in [0.5, 0.6) is 0 Å². The van der Waals surface area contributed by atoms with Gasteiger partial charge in [-0.15, -0.1) is 10.2 Å². The van der Waals surface area contributed by atoms with E-state index in [4.69, 9.17) is 9.90 Å². The van der Waals surface area contributed by atoms with Crippen molar-refractivity contribution in [3.63, 3.8) is 0 Å². The van der Waals surface area contributed by atoms with Crippen molar-refractivity contribution in [3.8, 4) is 0 Å². The number of carboxylic acid groups (broad SMARTS) is 1. The molecule has 3 aromatic rings. The molecule has 5 rings (SSSR count). The fourth-order valence-electron chi connectivity index (χ4n) is 4.44. The lowest BCUT2D eigenvalue weighted by Crippen LogP contribution is -2.31. The van der Waals surface area contributed by atoms with Crippen molar-refractivity contribution in [2.75, 3.05) is 18.4 Å². The molecular weight excluding hydrogens is 467 g/mol. The molecule has 2 atom stereocenters. The highest BCUT2D eigenvalue weighted by Gasteiger charge is 2.39. The van der Waals surface area contributed by atoms with Crippen LogP contribution in [0.15, 0.2) is 42.7 Å². The SMILES string of the molecule is Cn1cc(CN2CC3Cc4nnc(C(=O)Nc5ccccc5)n4CC3C2)cn1.O=C(O)C(F)(F)F. The van der Waals surface area contributed by atoms with E-state index in [-0.39, 0.29) is 5.91 Å². The number of aryl methyl sites for hydroxylation is 1. The number of carbonyl (C=O) groups excluding carboxylic acids is 1. The summed E-state index contributed by atoms with van der Waals surface area (Å²) in [5, 5.41) is 22.8. The lowest BCUT2D eigenvalue weighted by atomic mass is 9.89. The third-order valence-corrected chi connectivity index (χ3v) is 5.98. The van der Waals surface area contributed by atoms with Crippen molar-refractivity contribution < 1.29 is 27.9 Å². The van der Waals surface area contributed by atoms with Crippen LogP contribution in [0.1, 0.15) is 22.0 Å². The van der Waals surface area contributed by atoms with Gasteiger partial charge in [0.05, 0.1) is 6.20 Å². The van der Waals surface area contributed by atoms with Crippen LogP contribution in [-0.2, 0) is 31.4 Å². The third kappa shape index (κ3) is 5.85. The molecule has 2 unspecified atom stereocenters. The van der Waals surface area contributed by atoms with Gasteiger partial charge in [-0.05, 0) is 24.0 Å². The number of nitrogens with one attached hydrogen (secondary N) is 1. The van der Waals surface area contributed by atoms with Gasteiger partial charge in [-0.25, -0.2) is 4.79 Å². The molecule has 1 amide bonds. The van der Waals surface area contributed by atoms with E-state index >= 15 is 0 Å². The number of alkyl halides is 3. The van der Waals surface area contributed by atoms with E-state index in [1.165, 1.54) is 5.56 Å².